The number of aliphatic carboxylic acids is 1. The number of hydrogen-bond acceptors (Lipinski definition) is 14. The third-order valence-corrected chi connectivity index (χ3v) is 10.5. The second-order valence-electron chi connectivity index (χ2n) is 15.3. The molecule has 0 aliphatic carbocycles. The molecule has 0 unspecified atom stereocenters. The summed E-state index contributed by atoms with van der Waals surface area (Å²) < 4.78 is 139. The van der Waals surface area contributed by atoms with E-state index in [1.807, 2.05) is 6.92 Å². The molecule has 0 radical (unpaired) electrons. The average molecular weight is 1000 g/mol. The Morgan fingerprint density at radius 1 is 0.758 bits per heavy atom. The number of rotatable bonds is 14. The molecule has 16 nitrogen and oxygen atoms in total. The molecule has 2 aromatic heterocycles. The molecule has 2 aliphatic rings. The van der Waals surface area contributed by atoms with Crippen molar-refractivity contribution in [2.75, 3.05) is 23.7 Å². The number of nitrogens with one attached hydrogen (secondary N) is 3. The van der Waals surface area contributed by atoms with Gasteiger partial charge in [0, 0.05) is 32.2 Å². The number of carbonyl (C=O) groups is 6. The summed E-state index contributed by atoms with van der Waals surface area (Å²) in [5.74, 6) is -5.27. The number of Topliss-reactive ketones (excluding diaryl/α,β-unsaturated/α-hetero) is 2. The van der Waals surface area contributed by atoms with Crippen LogP contribution in [0.4, 0.5) is 63.4 Å². The van der Waals surface area contributed by atoms with Crippen molar-refractivity contribution < 1.29 is 86.9 Å². The lowest BCUT2D eigenvalue weighted by molar-refractivity contribution is -0.192. The number of carboxylic acid groups (broad SMARTS) is 1. The number of hydrogen-bond donors (Lipinski definition) is 4. The van der Waals surface area contributed by atoms with Crippen LogP contribution in [0.25, 0.3) is 0 Å². The number of alkyl halides is 11. The highest BCUT2D eigenvalue weighted by Crippen LogP contribution is 2.34. The topological polar surface area (TPSA) is 223 Å². The van der Waals surface area contributed by atoms with Crippen molar-refractivity contribution in [2.24, 2.45) is 11.8 Å². The molecule has 4 N–H and O–H groups in total. The van der Waals surface area contributed by atoms with E-state index < -0.39 is 88.4 Å². The molecule has 2 saturated heterocycles. The Hall–Kier alpha value is -5.19. The van der Waals surface area contributed by atoms with Crippen LogP contribution in [0, 0.1) is 11.8 Å². The summed E-state index contributed by atoms with van der Waals surface area (Å²) in [4.78, 5) is 71.1. The highest BCUT2D eigenvalue weighted by atomic mass is 32.1. The molecular formula is C37H45F11N8O8S2. The first-order valence-corrected chi connectivity index (χ1v) is 21.1. The minimum atomic E-state index is -5.08. The van der Waals surface area contributed by atoms with Gasteiger partial charge < -0.3 is 15.2 Å². The van der Waals surface area contributed by atoms with Gasteiger partial charge in [-0.25, -0.2) is 18.4 Å². The lowest BCUT2D eigenvalue weighted by Gasteiger charge is -2.28. The molecule has 0 aromatic carbocycles. The number of halogens is 11. The molecular weight excluding hydrogens is 958 g/mol. The maximum Gasteiger partial charge on any atom is 0.490 e. The molecule has 370 valence electrons. The number of nitrogens with zero attached hydrogens (tertiary/aromatic N) is 5. The number of likely N-dealkylation sites (tertiary alicyclic amines) is 1. The molecule has 4 heterocycles. The predicted octanol–water partition coefficient (Wildman–Crippen LogP) is 7.75. The van der Waals surface area contributed by atoms with E-state index in [-0.39, 0.29) is 89.2 Å². The largest absolute Gasteiger partial charge is 0.490 e. The maximum absolute atomic E-state index is 14.0. The predicted molar refractivity (Wildman–Crippen MR) is 213 cm³/mol. The van der Waals surface area contributed by atoms with Crippen LogP contribution >= 0.6 is 22.7 Å². The van der Waals surface area contributed by atoms with Crippen molar-refractivity contribution in [3.8, 4) is 0 Å². The van der Waals surface area contributed by atoms with Crippen molar-refractivity contribution in [1.82, 2.24) is 30.6 Å². The molecule has 0 spiro atoms. The van der Waals surface area contributed by atoms with E-state index in [0.29, 0.717) is 12.8 Å². The van der Waals surface area contributed by atoms with Crippen molar-refractivity contribution in [2.45, 2.75) is 122 Å². The summed E-state index contributed by atoms with van der Waals surface area (Å²) in [6.45, 7) is 8.53. The fourth-order valence-electron chi connectivity index (χ4n) is 5.56. The quantitative estimate of drug-likeness (QED) is 0.105. The van der Waals surface area contributed by atoms with E-state index in [9.17, 15) is 72.3 Å². The fraction of sp³-hybridized carbons (Fsp3) is 0.622. The Morgan fingerprint density at radius 3 is 1.55 bits per heavy atom. The van der Waals surface area contributed by atoms with E-state index in [0.717, 1.165) is 17.1 Å². The smallest absolute Gasteiger partial charge is 0.475 e. The Balaban J connectivity index is 0.000000404. The Bertz CT molecular complexity index is 2040. The summed E-state index contributed by atoms with van der Waals surface area (Å²) in [6, 6.07) is -1.48. The zero-order valence-corrected chi connectivity index (χ0v) is 37.1. The third kappa shape index (κ3) is 20.1. The second kappa shape index (κ2) is 24.5. The number of amides is 3. The van der Waals surface area contributed by atoms with Crippen LogP contribution < -0.4 is 16.0 Å². The molecule has 3 amide bonds. The van der Waals surface area contributed by atoms with Crippen LogP contribution in [0.5, 0.6) is 0 Å². The first kappa shape index (κ1) is 56.9. The maximum atomic E-state index is 14.0. The normalized spacial score (nSPS) is 19.9. The van der Waals surface area contributed by atoms with Gasteiger partial charge >= 0.3 is 30.6 Å². The monoisotopic (exact) mass is 1000 g/mol. The van der Waals surface area contributed by atoms with Gasteiger partial charge in [-0.05, 0) is 57.6 Å². The minimum absolute atomic E-state index is 0.0476. The average Bonchev–Trinajstić information content (AvgIpc) is 4.02. The minimum Gasteiger partial charge on any atom is -0.475 e. The van der Waals surface area contributed by atoms with E-state index in [1.54, 1.807) is 27.7 Å². The van der Waals surface area contributed by atoms with Gasteiger partial charge in [-0.3, -0.25) is 34.7 Å². The standard InChI is InChI=1S/C20H26F4N4O4S.C15H18F4N4O2S.C2HF3O2/c1-5-11(6-7-15(30)25-17-27-26-16(33-17)20(22,23)24)8-14(29)13-9-12(21)10-28(13)18(31)32-19(2,3)4;1-2-8(5-11(24)10-6-9(16)7-20-10)3-4-12(25)21-14-23-22-13(26-14)15(17,18)19;3-2(4,5)1(6)7/h6-7,11-13H,5,8-10H2,1-4H3,(H,25,27,30);3-4,8-10,20H,2,5-7H2,1H3,(H,21,23,25);(H,6,7)/b7-6+;4-3+;/t11-,12-,13-;8-,9-,10-;/m00./s1. The second-order valence-corrected chi connectivity index (χ2v) is 17.2. The number of allylic oxidation sites excluding steroid dienone is 2. The third-order valence-electron chi connectivity index (χ3n) is 8.77. The summed E-state index contributed by atoms with van der Waals surface area (Å²) in [5.41, 5.74) is -0.797. The molecule has 2 aromatic rings. The molecule has 66 heavy (non-hydrogen) atoms. The highest BCUT2D eigenvalue weighted by Gasteiger charge is 2.42. The fourth-order valence-corrected chi connectivity index (χ4v) is 6.79. The van der Waals surface area contributed by atoms with Crippen LogP contribution in [0.3, 0.4) is 0 Å². The van der Waals surface area contributed by atoms with Gasteiger partial charge in [0.25, 0.3) is 0 Å². The zero-order chi connectivity index (χ0) is 50.4. The van der Waals surface area contributed by atoms with Gasteiger partial charge in [0.05, 0.1) is 18.6 Å². The van der Waals surface area contributed by atoms with Gasteiger partial charge in [-0.1, -0.05) is 48.7 Å². The lowest BCUT2D eigenvalue weighted by Crippen LogP contribution is -2.43. The zero-order valence-electron chi connectivity index (χ0n) is 35.4. The van der Waals surface area contributed by atoms with Crippen molar-refractivity contribution in [3.63, 3.8) is 0 Å². The first-order chi connectivity index (χ1) is 30.3. The molecule has 6 atom stereocenters. The van der Waals surface area contributed by atoms with E-state index in [1.165, 1.54) is 12.2 Å². The summed E-state index contributed by atoms with van der Waals surface area (Å²) in [5, 5.41) is 23.9. The molecule has 2 aliphatic heterocycles. The summed E-state index contributed by atoms with van der Waals surface area (Å²) in [7, 11) is 0. The van der Waals surface area contributed by atoms with Crippen molar-refractivity contribution in [1.29, 1.82) is 0 Å². The number of ether oxygens (including phenoxy) is 1. The van der Waals surface area contributed by atoms with Gasteiger partial charge in [-0.2, -0.15) is 39.5 Å². The lowest BCUT2D eigenvalue weighted by atomic mass is 9.94. The molecule has 0 saturated carbocycles. The Kier molecular flexibility index (Phi) is 21.2. The Labute approximate surface area is 376 Å². The molecule has 29 heteroatoms. The summed E-state index contributed by atoms with van der Waals surface area (Å²) >= 11 is 0.415. The van der Waals surface area contributed by atoms with Crippen molar-refractivity contribution in [3.05, 3.63) is 34.3 Å². The SMILES string of the molecule is CC[C@@H](/C=C/C(=O)Nc1nnc(C(F)(F)F)s1)CC(=O)[C@@H]1C[C@H](F)CN1.CC[C@@H](/C=C/C(=O)Nc1nnc(C(F)(F)F)s1)CC(=O)[C@@H]1C[C@H](F)CN1C(=O)OC(C)(C)C.O=C(O)C(F)(F)F. The Morgan fingerprint density at radius 2 is 1.20 bits per heavy atom. The van der Waals surface area contributed by atoms with E-state index in [4.69, 9.17) is 14.6 Å². The van der Waals surface area contributed by atoms with Crippen LogP contribution in [-0.2, 0) is 41.1 Å². The number of anilines is 2. The van der Waals surface area contributed by atoms with Gasteiger partial charge in [0.2, 0.25) is 32.1 Å². The van der Waals surface area contributed by atoms with Gasteiger partial charge in [0.1, 0.15) is 23.7 Å². The number of carbonyl (C=O) groups excluding carboxylic acids is 5. The number of ketones is 2. The summed E-state index contributed by atoms with van der Waals surface area (Å²) in [6.07, 6.45) is -11.1. The first-order valence-electron chi connectivity index (χ1n) is 19.5. The van der Waals surface area contributed by atoms with Crippen LogP contribution in [0.1, 0.15) is 83.2 Å². The van der Waals surface area contributed by atoms with E-state index >= 15 is 0 Å². The van der Waals surface area contributed by atoms with Crippen LogP contribution in [0.15, 0.2) is 24.3 Å². The number of carboxylic acids is 1. The molecule has 2 fully saturated rings. The highest BCUT2D eigenvalue weighted by molar-refractivity contribution is 7.15. The molecule has 0 bridgehead atoms. The molecule has 4 rings (SSSR count). The van der Waals surface area contributed by atoms with E-state index in [2.05, 4.69) is 36.3 Å². The van der Waals surface area contributed by atoms with Crippen LogP contribution in [-0.4, -0.2) is 115 Å². The van der Waals surface area contributed by atoms with Gasteiger partial charge in [0.15, 0.2) is 5.78 Å². The van der Waals surface area contributed by atoms with Gasteiger partial charge in [-0.15, -0.1) is 20.4 Å². The van der Waals surface area contributed by atoms with Crippen molar-refractivity contribution >= 4 is 68.4 Å². The number of aromatic nitrogens is 4. The van der Waals surface area contributed by atoms with Crippen LogP contribution in [0.2, 0.25) is 0 Å².